The second kappa shape index (κ2) is 10.7. The van der Waals surface area contributed by atoms with Gasteiger partial charge in [0.15, 0.2) is 11.5 Å². The molecule has 1 aliphatic rings. The number of likely N-dealkylation sites (tertiary alicyclic amines) is 1. The van der Waals surface area contributed by atoms with Gasteiger partial charge in [-0.15, -0.1) is 0 Å². The van der Waals surface area contributed by atoms with Crippen molar-refractivity contribution in [3.8, 4) is 11.5 Å². The van der Waals surface area contributed by atoms with Crippen LogP contribution < -0.4 is 9.47 Å². The van der Waals surface area contributed by atoms with Crippen LogP contribution in [-0.2, 0) is 6.54 Å². The van der Waals surface area contributed by atoms with Gasteiger partial charge in [0.25, 0.3) is 5.91 Å². The first kappa shape index (κ1) is 22.4. The molecule has 0 N–H and O–H groups in total. The van der Waals surface area contributed by atoms with E-state index in [1.807, 2.05) is 29.2 Å². The molecule has 0 bridgehead atoms. The Morgan fingerprint density at radius 1 is 1.07 bits per heavy atom. The van der Waals surface area contributed by atoms with Crippen molar-refractivity contribution in [1.29, 1.82) is 0 Å². The predicted molar refractivity (Wildman–Crippen MR) is 121 cm³/mol. The minimum atomic E-state index is -0.0173. The van der Waals surface area contributed by atoms with E-state index in [0.29, 0.717) is 35.2 Å². The molecule has 162 valence electrons. The first-order chi connectivity index (χ1) is 14.5. The molecule has 0 unspecified atom stereocenters. The third-order valence-electron chi connectivity index (χ3n) is 5.77. The van der Waals surface area contributed by atoms with Crippen molar-refractivity contribution in [3.05, 3.63) is 58.6 Å². The summed E-state index contributed by atoms with van der Waals surface area (Å²) in [7, 11) is 3.17. The summed E-state index contributed by atoms with van der Waals surface area (Å²) in [5.74, 6) is 1.94. The van der Waals surface area contributed by atoms with Gasteiger partial charge in [-0.2, -0.15) is 0 Å². The first-order valence-electron chi connectivity index (χ1n) is 10.5. The van der Waals surface area contributed by atoms with Gasteiger partial charge in [0.1, 0.15) is 0 Å². The molecule has 30 heavy (non-hydrogen) atoms. The largest absolute Gasteiger partial charge is 0.493 e. The maximum atomic E-state index is 13.4. The minimum absolute atomic E-state index is 0.0173. The molecule has 0 atom stereocenters. The summed E-state index contributed by atoms with van der Waals surface area (Å²) in [5, 5.41) is 0.693. The molecule has 0 saturated carbocycles. The van der Waals surface area contributed by atoms with Crippen LogP contribution in [0.25, 0.3) is 0 Å². The number of nitrogens with zero attached hydrogens (tertiary/aromatic N) is 2. The van der Waals surface area contributed by atoms with Gasteiger partial charge in [0.05, 0.1) is 14.2 Å². The number of amides is 1. The number of halogens is 1. The lowest BCUT2D eigenvalue weighted by Crippen LogP contribution is -2.41. The van der Waals surface area contributed by atoms with Crippen LogP contribution >= 0.6 is 11.6 Å². The van der Waals surface area contributed by atoms with E-state index in [2.05, 4.69) is 11.8 Å². The maximum absolute atomic E-state index is 13.4. The van der Waals surface area contributed by atoms with E-state index < -0.39 is 0 Å². The van der Waals surface area contributed by atoms with Gasteiger partial charge < -0.3 is 19.3 Å². The quantitative estimate of drug-likeness (QED) is 0.607. The second-order valence-electron chi connectivity index (χ2n) is 7.95. The molecule has 5 nitrogen and oxygen atoms in total. The van der Waals surface area contributed by atoms with Crippen LogP contribution in [0.2, 0.25) is 5.02 Å². The summed E-state index contributed by atoms with van der Waals surface area (Å²) in [6.07, 6.45) is 2.45. The SMILES string of the molecule is COc1ccc(C(=O)N(CCN2CCC(C)CC2)Cc2ccc(Cl)cc2)cc1OC. The third kappa shape index (κ3) is 5.89. The third-order valence-corrected chi connectivity index (χ3v) is 6.02. The number of benzene rings is 2. The van der Waals surface area contributed by atoms with E-state index in [9.17, 15) is 4.79 Å². The van der Waals surface area contributed by atoms with Crippen molar-refractivity contribution >= 4 is 17.5 Å². The fourth-order valence-corrected chi connectivity index (χ4v) is 3.89. The molecule has 2 aromatic carbocycles. The summed E-state index contributed by atoms with van der Waals surface area (Å²) in [6, 6.07) is 13.0. The van der Waals surface area contributed by atoms with E-state index in [0.717, 1.165) is 31.1 Å². The van der Waals surface area contributed by atoms with Crippen molar-refractivity contribution in [2.24, 2.45) is 5.92 Å². The molecule has 1 saturated heterocycles. The number of hydrogen-bond acceptors (Lipinski definition) is 4. The Balaban J connectivity index is 1.76. The Morgan fingerprint density at radius 2 is 1.73 bits per heavy atom. The van der Waals surface area contributed by atoms with Crippen LogP contribution in [0.3, 0.4) is 0 Å². The monoisotopic (exact) mass is 430 g/mol. The van der Waals surface area contributed by atoms with Crippen LogP contribution in [0, 0.1) is 5.92 Å². The van der Waals surface area contributed by atoms with Crippen LogP contribution in [-0.4, -0.2) is 56.1 Å². The molecular weight excluding hydrogens is 400 g/mol. The first-order valence-corrected chi connectivity index (χ1v) is 10.9. The van der Waals surface area contributed by atoms with E-state index in [1.165, 1.54) is 12.8 Å². The Morgan fingerprint density at radius 3 is 2.37 bits per heavy atom. The normalized spacial score (nSPS) is 15.1. The molecular formula is C24H31ClN2O3. The molecule has 2 aromatic rings. The van der Waals surface area contributed by atoms with E-state index in [1.54, 1.807) is 32.4 Å². The van der Waals surface area contributed by atoms with Crippen molar-refractivity contribution in [1.82, 2.24) is 9.80 Å². The zero-order valence-electron chi connectivity index (χ0n) is 18.1. The number of ether oxygens (including phenoxy) is 2. The number of piperidine rings is 1. The van der Waals surface area contributed by atoms with Crippen molar-refractivity contribution in [2.75, 3.05) is 40.4 Å². The van der Waals surface area contributed by atoms with Gasteiger partial charge in [-0.05, 0) is 67.7 Å². The summed E-state index contributed by atoms with van der Waals surface area (Å²) < 4.78 is 10.7. The molecule has 3 rings (SSSR count). The van der Waals surface area contributed by atoms with Crippen LogP contribution in [0.4, 0.5) is 0 Å². The fourth-order valence-electron chi connectivity index (χ4n) is 3.76. The van der Waals surface area contributed by atoms with E-state index >= 15 is 0 Å². The lowest BCUT2D eigenvalue weighted by molar-refractivity contribution is 0.0709. The molecule has 1 heterocycles. The molecule has 0 radical (unpaired) electrons. The fraction of sp³-hybridized carbons (Fsp3) is 0.458. The van der Waals surface area contributed by atoms with E-state index in [4.69, 9.17) is 21.1 Å². The minimum Gasteiger partial charge on any atom is -0.493 e. The highest BCUT2D eigenvalue weighted by Crippen LogP contribution is 2.28. The standard InChI is InChI=1S/C24H31ClN2O3/c1-18-10-12-26(13-11-18)14-15-27(17-19-4-7-21(25)8-5-19)24(28)20-6-9-22(29-2)23(16-20)30-3/h4-9,16,18H,10-15,17H2,1-3H3. The van der Waals surface area contributed by atoms with Crippen LogP contribution in [0.1, 0.15) is 35.7 Å². The summed E-state index contributed by atoms with van der Waals surface area (Å²) in [5.41, 5.74) is 1.65. The lowest BCUT2D eigenvalue weighted by Gasteiger charge is -2.32. The smallest absolute Gasteiger partial charge is 0.254 e. The number of carbonyl (C=O) groups is 1. The summed E-state index contributed by atoms with van der Waals surface area (Å²) in [4.78, 5) is 17.8. The zero-order chi connectivity index (χ0) is 21.5. The van der Waals surface area contributed by atoms with Crippen LogP contribution in [0.5, 0.6) is 11.5 Å². The van der Waals surface area contributed by atoms with E-state index in [-0.39, 0.29) is 5.91 Å². The number of hydrogen-bond donors (Lipinski definition) is 0. The number of rotatable bonds is 8. The molecule has 1 aliphatic heterocycles. The summed E-state index contributed by atoms with van der Waals surface area (Å²) in [6.45, 7) is 6.59. The van der Waals surface area contributed by atoms with Gasteiger partial charge in [0, 0.05) is 30.2 Å². The number of carbonyl (C=O) groups excluding carboxylic acids is 1. The summed E-state index contributed by atoms with van der Waals surface area (Å²) >= 11 is 6.03. The average Bonchev–Trinajstić information content (AvgIpc) is 2.78. The highest BCUT2D eigenvalue weighted by Gasteiger charge is 2.21. The van der Waals surface area contributed by atoms with Gasteiger partial charge >= 0.3 is 0 Å². The maximum Gasteiger partial charge on any atom is 0.254 e. The van der Waals surface area contributed by atoms with Crippen LogP contribution in [0.15, 0.2) is 42.5 Å². The number of methoxy groups -OCH3 is 2. The Bertz CT molecular complexity index is 833. The predicted octanol–water partition coefficient (Wildman–Crippen LogP) is 4.73. The Hall–Kier alpha value is -2.24. The zero-order valence-corrected chi connectivity index (χ0v) is 18.8. The van der Waals surface area contributed by atoms with Gasteiger partial charge in [0.2, 0.25) is 0 Å². The Labute approximate surface area is 184 Å². The van der Waals surface area contributed by atoms with Crippen molar-refractivity contribution < 1.29 is 14.3 Å². The van der Waals surface area contributed by atoms with Crippen molar-refractivity contribution in [2.45, 2.75) is 26.3 Å². The van der Waals surface area contributed by atoms with Crippen molar-refractivity contribution in [3.63, 3.8) is 0 Å². The van der Waals surface area contributed by atoms with Gasteiger partial charge in [-0.3, -0.25) is 4.79 Å². The Kier molecular flexibility index (Phi) is 8.00. The highest BCUT2D eigenvalue weighted by atomic mass is 35.5. The van der Waals surface area contributed by atoms with Gasteiger partial charge in [-0.1, -0.05) is 30.7 Å². The lowest BCUT2D eigenvalue weighted by atomic mass is 9.99. The topological polar surface area (TPSA) is 42.0 Å². The average molecular weight is 431 g/mol. The van der Waals surface area contributed by atoms with Gasteiger partial charge in [-0.25, -0.2) is 0 Å². The molecule has 0 aromatic heterocycles. The molecule has 1 fully saturated rings. The molecule has 0 aliphatic carbocycles. The molecule has 0 spiro atoms. The second-order valence-corrected chi connectivity index (χ2v) is 8.38. The molecule has 6 heteroatoms. The molecule has 1 amide bonds. The highest BCUT2D eigenvalue weighted by molar-refractivity contribution is 6.30.